The minimum Gasteiger partial charge on any atom is -0.305 e. The van der Waals surface area contributed by atoms with Crippen molar-refractivity contribution in [1.29, 1.82) is 0 Å². The Balaban J connectivity index is 2.66. The Morgan fingerprint density at radius 1 is 1.26 bits per heavy atom. The Kier molecular flexibility index (Phi) is 3.97. The standard InChI is InChI=1S/C13H14BrClFN3/c1-13(2,3)19-11(7-15)17-18-12(19)8-4-9(14)6-10(16)5-8/h4-6H,7H2,1-3H3. The van der Waals surface area contributed by atoms with Gasteiger partial charge in [-0.15, -0.1) is 21.8 Å². The highest BCUT2D eigenvalue weighted by molar-refractivity contribution is 9.10. The van der Waals surface area contributed by atoms with E-state index in [1.54, 1.807) is 0 Å². The molecule has 0 fully saturated rings. The Morgan fingerprint density at radius 2 is 1.95 bits per heavy atom. The second-order valence-corrected chi connectivity index (χ2v) is 6.42. The highest BCUT2D eigenvalue weighted by atomic mass is 79.9. The maximum Gasteiger partial charge on any atom is 0.164 e. The highest BCUT2D eigenvalue weighted by Gasteiger charge is 2.23. The summed E-state index contributed by atoms with van der Waals surface area (Å²) in [5.74, 6) is 1.23. The molecular formula is C13H14BrClFN3. The van der Waals surface area contributed by atoms with Gasteiger partial charge in [0, 0.05) is 15.6 Å². The van der Waals surface area contributed by atoms with E-state index in [1.165, 1.54) is 12.1 Å². The molecule has 1 heterocycles. The Hall–Kier alpha value is -0.940. The molecule has 102 valence electrons. The van der Waals surface area contributed by atoms with E-state index in [4.69, 9.17) is 11.6 Å². The first-order valence-corrected chi connectivity index (χ1v) is 7.13. The van der Waals surface area contributed by atoms with Crippen molar-refractivity contribution in [2.45, 2.75) is 32.2 Å². The molecule has 2 aromatic rings. The summed E-state index contributed by atoms with van der Waals surface area (Å²) in [6, 6.07) is 4.66. The van der Waals surface area contributed by atoms with E-state index in [2.05, 4.69) is 26.1 Å². The Morgan fingerprint density at radius 3 is 2.47 bits per heavy atom. The average molecular weight is 347 g/mol. The van der Waals surface area contributed by atoms with Gasteiger partial charge in [0.1, 0.15) is 11.6 Å². The summed E-state index contributed by atoms with van der Waals surface area (Å²) in [5.41, 5.74) is 0.438. The molecule has 0 aliphatic rings. The summed E-state index contributed by atoms with van der Waals surface area (Å²) in [4.78, 5) is 0. The average Bonchev–Trinajstić information content (AvgIpc) is 2.70. The smallest absolute Gasteiger partial charge is 0.164 e. The minimum atomic E-state index is -0.319. The first-order chi connectivity index (χ1) is 8.82. The van der Waals surface area contributed by atoms with Gasteiger partial charge in [-0.2, -0.15) is 0 Å². The maximum atomic E-state index is 13.5. The van der Waals surface area contributed by atoms with Crippen molar-refractivity contribution in [3.63, 3.8) is 0 Å². The van der Waals surface area contributed by atoms with Crippen LogP contribution in [0.1, 0.15) is 26.6 Å². The predicted octanol–water partition coefficient (Wildman–Crippen LogP) is 4.34. The summed E-state index contributed by atoms with van der Waals surface area (Å²) < 4.78 is 16.1. The minimum absolute atomic E-state index is 0.234. The molecule has 3 nitrogen and oxygen atoms in total. The van der Waals surface area contributed by atoms with Gasteiger partial charge in [-0.25, -0.2) is 4.39 Å². The van der Waals surface area contributed by atoms with Crippen LogP contribution in [0.5, 0.6) is 0 Å². The number of hydrogen-bond acceptors (Lipinski definition) is 2. The second-order valence-electron chi connectivity index (χ2n) is 5.24. The number of halogens is 3. The van der Waals surface area contributed by atoms with Gasteiger partial charge >= 0.3 is 0 Å². The van der Waals surface area contributed by atoms with E-state index in [0.29, 0.717) is 21.7 Å². The normalized spacial score (nSPS) is 11.9. The van der Waals surface area contributed by atoms with Crippen LogP contribution in [0.2, 0.25) is 0 Å². The summed E-state index contributed by atoms with van der Waals surface area (Å²) in [6.07, 6.45) is 0. The zero-order valence-electron chi connectivity index (χ0n) is 10.9. The molecule has 2 rings (SSSR count). The molecule has 0 spiro atoms. The molecule has 0 N–H and O–H groups in total. The van der Waals surface area contributed by atoms with Crippen LogP contribution in [0.4, 0.5) is 4.39 Å². The van der Waals surface area contributed by atoms with E-state index in [9.17, 15) is 4.39 Å². The molecule has 1 aromatic carbocycles. The van der Waals surface area contributed by atoms with Crippen molar-refractivity contribution in [2.75, 3.05) is 0 Å². The third-order valence-corrected chi connectivity index (χ3v) is 3.34. The summed E-state index contributed by atoms with van der Waals surface area (Å²) >= 11 is 9.18. The van der Waals surface area contributed by atoms with Crippen LogP contribution < -0.4 is 0 Å². The molecule has 0 radical (unpaired) electrons. The molecule has 0 aliphatic carbocycles. The lowest BCUT2D eigenvalue weighted by atomic mass is 10.1. The largest absolute Gasteiger partial charge is 0.305 e. The van der Waals surface area contributed by atoms with E-state index in [1.807, 2.05) is 31.4 Å². The van der Waals surface area contributed by atoms with Crippen LogP contribution in [0.25, 0.3) is 11.4 Å². The Bertz CT molecular complexity index is 584. The number of hydrogen-bond donors (Lipinski definition) is 0. The molecule has 0 unspecified atom stereocenters. The third-order valence-electron chi connectivity index (χ3n) is 2.64. The van der Waals surface area contributed by atoms with Crippen LogP contribution >= 0.6 is 27.5 Å². The lowest BCUT2D eigenvalue weighted by molar-refractivity contribution is 0.390. The zero-order chi connectivity index (χ0) is 14.2. The van der Waals surface area contributed by atoms with Crippen LogP contribution in [0.15, 0.2) is 22.7 Å². The molecule has 19 heavy (non-hydrogen) atoms. The quantitative estimate of drug-likeness (QED) is 0.757. The molecular weight excluding hydrogens is 333 g/mol. The van der Waals surface area contributed by atoms with Crippen LogP contribution in [0, 0.1) is 5.82 Å². The number of nitrogens with zero attached hydrogens (tertiary/aromatic N) is 3. The summed E-state index contributed by atoms with van der Waals surface area (Å²) in [5, 5.41) is 8.23. The Labute approximate surface area is 124 Å². The fourth-order valence-corrected chi connectivity index (χ4v) is 2.62. The molecule has 0 atom stereocenters. The molecule has 1 aromatic heterocycles. The van der Waals surface area contributed by atoms with Crippen LogP contribution in [0.3, 0.4) is 0 Å². The van der Waals surface area contributed by atoms with Crippen LogP contribution in [-0.2, 0) is 11.4 Å². The monoisotopic (exact) mass is 345 g/mol. The molecule has 0 bridgehead atoms. The number of rotatable bonds is 2. The van der Waals surface area contributed by atoms with Crippen molar-refractivity contribution < 1.29 is 4.39 Å². The lowest BCUT2D eigenvalue weighted by Crippen LogP contribution is -2.24. The fraction of sp³-hybridized carbons (Fsp3) is 0.385. The first kappa shape index (κ1) is 14.5. The van der Waals surface area contributed by atoms with Gasteiger partial charge in [-0.05, 0) is 39.0 Å². The second kappa shape index (κ2) is 5.21. The van der Waals surface area contributed by atoms with E-state index < -0.39 is 0 Å². The number of benzene rings is 1. The van der Waals surface area contributed by atoms with Crippen molar-refractivity contribution in [1.82, 2.24) is 14.8 Å². The van der Waals surface area contributed by atoms with Gasteiger partial charge in [0.05, 0.1) is 5.88 Å². The summed E-state index contributed by atoms with van der Waals surface area (Å²) in [6.45, 7) is 6.10. The van der Waals surface area contributed by atoms with E-state index in [-0.39, 0.29) is 17.2 Å². The molecule has 0 amide bonds. The zero-order valence-corrected chi connectivity index (χ0v) is 13.3. The fourth-order valence-electron chi connectivity index (χ4n) is 1.98. The van der Waals surface area contributed by atoms with Crippen LogP contribution in [-0.4, -0.2) is 14.8 Å². The van der Waals surface area contributed by atoms with Crippen molar-refractivity contribution >= 4 is 27.5 Å². The maximum absolute atomic E-state index is 13.5. The number of aromatic nitrogens is 3. The first-order valence-electron chi connectivity index (χ1n) is 5.80. The van der Waals surface area contributed by atoms with E-state index >= 15 is 0 Å². The SMILES string of the molecule is CC(C)(C)n1c(CCl)nnc1-c1cc(F)cc(Br)c1. The van der Waals surface area contributed by atoms with Gasteiger partial charge in [0.15, 0.2) is 5.82 Å². The van der Waals surface area contributed by atoms with Gasteiger partial charge in [-0.3, -0.25) is 0 Å². The van der Waals surface area contributed by atoms with Gasteiger partial charge in [0.25, 0.3) is 0 Å². The number of alkyl halides is 1. The highest BCUT2D eigenvalue weighted by Crippen LogP contribution is 2.29. The van der Waals surface area contributed by atoms with Gasteiger partial charge in [0.2, 0.25) is 0 Å². The van der Waals surface area contributed by atoms with Crippen molar-refractivity contribution in [3.8, 4) is 11.4 Å². The van der Waals surface area contributed by atoms with Crippen molar-refractivity contribution in [3.05, 3.63) is 34.3 Å². The predicted molar refractivity (Wildman–Crippen MR) is 77.7 cm³/mol. The van der Waals surface area contributed by atoms with Crippen molar-refractivity contribution in [2.24, 2.45) is 0 Å². The van der Waals surface area contributed by atoms with E-state index in [0.717, 1.165) is 0 Å². The molecule has 0 saturated heterocycles. The van der Waals surface area contributed by atoms with Gasteiger partial charge in [-0.1, -0.05) is 15.9 Å². The molecule has 6 heteroatoms. The van der Waals surface area contributed by atoms with Gasteiger partial charge < -0.3 is 4.57 Å². The lowest BCUT2D eigenvalue weighted by Gasteiger charge is -2.24. The molecule has 0 saturated carbocycles. The molecule has 0 aliphatic heterocycles. The third kappa shape index (κ3) is 2.98. The summed E-state index contributed by atoms with van der Waals surface area (Å²) in [7, 11) is 0. The topological polar surface area (TPSA) is 30.7 Å².